The van der Waals surface area contributed by atoms with Crippen molar-refractivity contribution in [2.45, 2.75) is 6.92 Å². The van der Waals surface area contributed by atoms with Gasteiger partial charge in [-0.2, -0.15) is 0 Å². The molecular weight excluding hydrogens is 290 g/mol. The van der Waals surface area contributed by atoms with Gasteiger partial charge in [0.05, 0.1) is 5.69 Å². The largest absolute Gasteiger partial charge is 0.319 e. The van der Waals surface area contributed by atoms with E-state index in [0.717, 1.165) is 0 Å². The quantitative estimate of drug-likeness (QED) is 0.849. The van der Waals surface area contributed by atoms with Gasteiger partial charge in [0.15, 0.2) is 0 Å². The number of nitrogens with one attached hydrogen (secondary N) is 1. The maximum atomic E-state index is 13.6. The number of halogens is 3. The average Bonchev–Trinajstić information content (AvgIpc) is 2.32. The van der Waals surface area contributed by atoms with Crippen LogP contribution in [0.3, 0.4) is 0 Å². The Kier molecular flexibility index (Phi) is 4.02. The maximum absolute atomic E-state index is 13.6. The van der Waals surface area contributed by atoms with Crippen LogP contribution in [0.2, 0.25) is 10.3 Å². The molecule has 3 nitrogen and oxygen atoms in total. The molecule has 0 unspecified atom stereocenters. The topological polar surface area (TPSA) is 42.0 Å². The average molecular weight is 299 g/mol. The highest BCUT2D eigenvalue weighted by Gasteiger charge is 2.12. The van der Waals surface area contributed by atoms with Gasteiger partial charge in [0.1, 0.15) is 16.1 Å². The fourth-order valence-electron chi connectivity index (χ4n) is 1.57. The summed E-state index contributed by atoms with van der Waals surface area (Å²) in [6.07, 6.45) is 0. The smallest absolute Gasteiger partial charge is 0.255 e. The molecule has 0 spiro atoms. The summed E-state index contributed by atoms with van der Waals surface area (Å²) in [5.41, 5.74) is 0.976. The highest BCUT2D eigenvalue weighted by molar-refractivity contribution is 6.33. The van der Waals surface area contributed by atoms with Crippen molar-refractivity contribution in [2.24, 2.45) is 0 Å². The van der Waals surface area contributed by atoms with Gasteiger partial charge in [-0.15, -0.1) is 0 Å². The van der Waals surface area contributed by atoms with Gasteiger partial charge in [-0.05, 0) is 30.7 Å². The third-order valence-corrected chi connectivity index (χ3v) is 2.87. The van der Waals surface area contributed by atoms with E-state index in [-0.39, 0.29) is 21.6 Å². The number of para-hydroxylation sites is 1. The second-order valence-corrected chi connectivity index (χ2v) is 4.66. The minimum atomic E-state index is -0.501. The lowest BCUT2D eigenvalue weighted by atomic mass is 10.1. The summed E-state index contributed by atoms with van der Waals surface area (Å²) < 4.78 is 13.6. The van der Waals surface area contributed by atoms with Crippen LogP contribution in [0.15, 0.2) is 30.3 Å². The van der Waals surface area contributed by atoms with Crippen molar-refractivity contribution in [3.05, 3.63) is 57.6 Å². The van der Waals surface area contributed by atoms with Gasteiger partial charge in [-0.25, -0.2) is 9.37 Å². The predicted molar refractivity (Wildman–Crippen MR) is 73.3 cm³/mol. The van der Waals surface area contributed by atoms with Crippen molar-refractivity contribution in [1.29, 1.82) is 0 Å². The monoisotopic (exact) mass is 298 g/mol. The molecule has 98 valence electrons. The number of rotatable bonds is 2. The van der Waals surface area contributed by atoms with Gasteiger partial charge in [-0.3, -0.25) is 4.79 Å². The second kappa shape index (κ2) is 5.55. The van der Waals surface area contributed by atoms with E-state index < -0.39 is 11.7 Å². The van der Waals surface area contributed by atoms with Crippen LogP contribution in [0, 0.1) is 12.7 Å². The number of amides is 1. The van der Waals surface area contributed by atoms with E-state index in [9.17, 15) is 9.18 Å². The summed E-state index contributed by atoms with van der Waals surface area (Å²) in [5, 5.41) is 2.69. The number of aryl methyl sites for hydroxylation is 1. The van der Waals surface area contributed by atoms with E-state index in [4.69, 9.17) is 23.2 Å². The molecule has 1 N–H and O–H groups in total. The molecule has 0 atom stereocenters. The van der Waals surface area contributed by atoms with E-state index in [1.807, 2.05) is 0 Å². The van der Waals surface area contributed by atoms with Crippen LogP contribution in [-0.4, -0.2) is 10.9 Å². The normalized spacial score (nSPS) is 10.3. The van der Waals surface area contributed by atoms with Gasteiger partial charge >= 0.3 is 0 Å². The molecule has 0 fully saturated rings. The SMILES string of the molecule is Cc1cccc(F)c1NC(=O)c1cc(Cl)nc(Cl)c1. The van der Waals surface area contributed by atoms with E-state index >= 15 is 0 Å². The molecule has 0 aliphatic rings. The predicted octanol–water partition coefficient (Wildman–Crippen LogP) is 4.09. The van der Waals surface area contributed by atoms with E-state index in [1.165, 1.54) is 18.2 Å². The maximum Gasteiger partial charge on any atom is 0.255 e. The number of carbonyl (C=O) groups excluding carboxylic acids is 1. The number of hydrogen-bond acceptors (Lipinski definition) is 2. The molecule has 0 aliphatic carbocycles. The third-order valence-electron chi connectivity index (χ3n) is 2.49. The fourth-order valence-corrected chi connectivity index (χ4v) is 2.03. The Hall–Kier alpha value is -1.65. The van der Waals surface area contributed by atoms with Crippen LogP contribution in [0.25, 0.3) is 0 Å². The summed E-state index contributed by atoms with van der Waals surface area (Å²) in [4.78, 5) is 15.7. The zero-order valence-electron chi connectivity index (χ0n) is 9.88. The van der Waals surface area contributed by atoms with E-state index in [2.05, 4.69) is 10.3 Å². The number of pyridine rings is 1. The fraction of sp³-hybridized carbons (Fsp3) is 0.0769. The van der Waals surface area contributed by atoms with Gasteiger partial charge in [0.2, 0.25) is 0 Å². The minimum Gasteiger partial charge on any atom is -0.319 e. The molecule has 0 saturated heterocycles. The second-order valence-electron chi connectivity index (χ2n) is 3.89. The Labute approximate surface area is 119 Å². The third kappa shape index (κ3) is 3.22. The number of anilines is 1. The van der Waals surface area contributed by atoms with Crippen molar-refractivity contribution in [2.75, 3.05) is 5.32 Å². The first-order valence-corrected chi connectivity index (χ1v) is 6.12. The lowest BCUT2D eigenvalue weighted by Crippen LogP contribution is -2.14. The molecule has 1 amide bonds. The molecule has 2 aromatic rings. The summed E-state index contributed by atoms with van der Waals surface area (Å²) in [7, 11) is 0. The van der Waals surface area contributed by atoms with Gasteiger partial charge in [0, 0.05) is 5.56 Å². The van der Waals surface area contributed by atoms with Crippen molar-refractivity contribution in [3.8, 4) is 0 Å². The van der Waals surface area contributed by atoms with Crippen LogP contribution in [0.1, 0.15) is 15.9 Å². The van der Waals surface area contributed by atoms with Crippen molar-refractivity contribution >= 4 is 34.8 Å². The lowest BCUT2D eigenvalue weighted by molar-refractivity contribution is 0.102. The van der Waals surface area contributed by atoms with Crippen LogP contribution >= 0.6 is 23.2 Å². The Morgan fingerprint density at radius 1 is 1.26 bits per heavy atom. The zero-order chi connectivity index (χ0) is 14.0. The minimum absolute atomic E-state index is 0.0999. The molecular formula is C13H9Cl2FN2O. The van der Waals surface area contributed by atoms with Crippen molar-refractivity contribution in [1.82, 2.24) is 4.98 Å². The molecule has 6 heteroatoms. The van der Waals surface area contributed by atoms with E-state index in [0.29, 0.717) is 5.56 Å². The number of nitrogens with zero attached hydrogens (tertiary/aromatic N) is 1. The summed E-state index contributed by atoms with van der Waals surface area (Å²) in [6, 6.07) is 7.26. The first-order chi connectivity index (χ1) is 8.97. The molecule has 1 aromatic heterocycles. The number of hydrogen-bond donors (Lipinski definition) is 1. The molecule has 0 radical (unpaired) electrons. The Bertz CT molecular complexity index is 606. The van der Waals surface area contributed by atoms with Gasteiger partial charge in [-0.1, -0.05) is 35.3 Å². The number of carbonyl (C=O) groups is 1. The molecule has 0 aliphatic heterocycles. The summed E-state index contributed by atoms with van der Waals surface area (Å²) in [6.45, 7) is 1.70. The first-order valence-electron chi connectivity index (χ1n) is 5.37. The van der Waals surface area contributed by atoms with Crippen LogP contribution < -0.4 is 5.32 Å². The van der Waals surface area contributed by atoms with Crippen LogP contribution in [0.5, 0.6) is 0 Å². The highest BCUT2D eigenvalue weighted by atomic mass is 35.5. The summed E-state index contributed by atoms with van der Waals surface area (Å²) in [5.74, 6) is -1.00. The van der Waals surface area contributed by atoms with Crippen molar-refractivity contribution in [3.63, 3.8) is 0 Å². The molecule has 1 heterocycles. The van der Waals surface area contributed by atoms with Crippen molar-refractivity contribution < 1.29 is 9.18 Å². The highest BCUT2D eigenvalue weighted by Crippen LogP contribution is 2.21. The lowest BCUT2D eigenvalue weighted by Gasteiger charge is -2.09. The van der Waals surface area contributed by atoms with Gasteiger partial charge in [0.25, 0.3) is 5.91 Å². The standard InChI is InChI=1S/C13H9Cl2FN2O/c1-7-3-2-4-9(16)12(7)18-13(19)8-5-10(14)17-11(15)6-8/h2-6H,1H3,(H,18,19). The molecule has 0 saturated carbocycles. The summed E-state index contributed by atoms with van der Waals surface area (Å²) >= 11 is 11.4. The number of benzene rings is 1. The van der Waals surface area contributed by atoms with Crippen LogP contribution in [-0.2, 0) is 0 Å². The first kappa shape index (κ1) is 13.8. The Morgan fingerprint density at radius 2 is 1.89 bits per heavy atom. The van der Waals surface area contributed by atoms with Gasteiger partial charge < -0.3 is 5.32 Å². The zero-order valence-corrected chi connectivity index (χ0v) is 11.4. The molecule has 1 aromatic carbocycles. The van der Waals surface area contributed by atoms with Crippen LogP contribution in [0.4, 0.5) is 10.1 Å². The Balaban J connectivity index is 2.31. The number of aromatic nitrogens is 1. The van der Waals surface area contributed by atoms with E-state index in [1.54, 1.807) is 19.1 Å². The molecule has 19 heavy (non-hydrogen) atoms. The molecule has 2 rings (SSSR count). The Morgan fingerprint density at radius 3 is 2.47 bits per heavy atom. The molecule has 0 bridgehead atoms.